The summed E-state index contributed by atoms with van der Waals surface area (Å²) in [6, 6.07) is 4.87. The summed E-state index contributed by atoms with van der Waals surface area (Å²) >= 11 is 4.74. The van der Waals surface area contributed by atoms with Gasteiger partial charge in [-0.3, -0.25) is 10.1 Å². The molecular weight excluding hydrogens is 318 g/mol. The summed E-state index contributed by atoms with van der Waals surface area (Å²) in [5.41, 5.74) is 0.540. The minimum absolute atomic E-state index is 0.0489. The van der Waals surface area contributed by atoms with Crippen LogP contribution in [0.4, 0.5) is 11.4 Å². The van der Waals surface area contributed by atoms with Crippen molar-refractivity contribution in [2.24, 2.45) is 0 Å². The summed E-state index contributed by atoms with van der Waals surface area (Å²) in [5, 5.41) is 16.9. The highest BCUT2D eigenvalue weighted by molar-refractivity contribution is 9.10. The Morgan fingerprint density at radius 3 is 2.94 bits per heavy atom. The topological polar surface area (TPSA) is 68.1 Å². The van der Waals surface area contributed by atoms with Crippen LogP contribution in [0, 0.1) is 10.1 Å². The Hall–Kier alpha value is -1.47. The highest BCUT2D eigenvalue weighted by Crippen LogP contribution is 2.31. The molecule has 0 fully saturated rings. The molecular formula is C11H10BrN3O2S. The first kappa shape index (κ1) is 13.0. The van der Waals surface area contributed by atoms with E-state index < -0.39 is 4.92 Å². The Labute approximate surface area is 116 Å². The normalized spacial score (nSPS) is 12.1. The number of benzene rings is 1. The largest absolute Gasteiger partial charge is 0.371 e. The molecule has 0 spiro atoms. The van der Waals surface area contributed by atoms with Crippen LogP contribution in [-0.2, 0) is 0 Å². The van der Waals surface area contributed by atoms with E-state index in [1.54, 1.807) is 18.3 Å². The number of nitro benzene ring substituents is 1. The monoisotopic (exact) mass is 327 g/mol. The van der Waals surface area contributed by atoms with Crippen molar-refractivity contribution in [2.45, 2.75) is 13.0 Å². The summed E-state index contributed by atoms with van der Waals surface area (Å²) in [5.74, 6) is 0. The lowest BCUT2D eigenvalue weighted by Crippen LogP contribution is -2.08. The van der Waals surface area contributed by atoms with Crippen molar-refractivity contribution in [3.8, 4) is 0 Å². The fraction of sp³-hybridized carbons (Fsp3) is 0.182. The Morgan fingerprint density at radius 1 is 1.56 bits per heavy atom. The maximum atomic E-state index is 11.0. The molecule has 1 atom stereocenters. The highest BCUT2D eigenvalue weighted by atomic mass is 79.9. The second-order valence-electron chi connectivity index (χ2n) is 3.65. The molecule has 1 N–H and O–H groups in total. The summed E-state index contributed by atoms with van der Waals surface area (Å²) in [6.45, 7) is 1.92. The molecule has 7 heteroatoms. The lowest BCUT2D eigenvalue weighted by atomic mass is 10.2. The highest BCUT2D eigenvalue weighted by Gasteiger charge is 2.17. The Bertz CT molecular complexity index is 559. The van der Waals surface area contributed by atoms with Crippen molar-refractivity contribution < 1.29 is 4.92 Å². The number of hydrogen-bond donors (Lipinski definition) is 1. The molecule has 18 heavy (non-hydrogen) atoms. The zero-order valence-electron chi connectivity index (χ0n) is 9.46. The Kier molecular flexibility index (Phi) is 3.93. The number of halogens is 1. The van der Waals surface area contributed by atoms with Crippen molar-refractivity contribution in [2.75, 3.05) is 5.32 Å². The van der Waals surface area contributed by atoms with Crippen LogP contribution in [-0.4, -0.2) is 9.91 Å². The first-order chi connectivity index (χ1) is 8.58. The second kappa shape index (κ2) is 5.45. The summed E-state index contributed by atoms with van der Waals surface area (Å²) in [6.07, 6.45) is 1.72. The van der Waals surface area contributed by atoms with Crippen molar-refractivity contribution >= 4 is 38.6 Å². The summed E-state index contributed by atoms with van der Waals surface area (Å²) in [4.78, 5) is 14.8. The average Bonchev–Trinajstić information content (AvgIpc) is 2.84. The number of rotatable bonds is 4. The van der Waals surface area contributed by atoms with Crippen LogP contribution < -0.4 is 5.32 Å². The zero-order chi connectivity index (χ0) is 13.1. The smallest absolute Gasteiger partial charge is 0.293 e. The maximum absolute atomic E-state index is 11.0. The molecule has 5 nitrogen and oxygen atoms in total. The summed E-state index contributed by atoms with van der Waals surface area (Å²) < 4.78 is 0.682. The molecule has 1 aromatic carbocycles. The van der Waals surface area contributed by atoms with E-state index in [4.69, 9.17) is 0 Å². The predicted octanol–water partition coefficient (Wildman–Crippen LogP) is 3.99. The van der Waals surface area contributed by atoms with E-state index in [1.807, 2.05) is 12.3 Å². The lowest BCUT2D eigenvalue weighted by molar-refractivity contribution is -0.384. The van der Waals surface area contributed by atoms with E-state index in [9.17, 15) is 10.1 Å². The standard InChI is InChI=1S/C11H10BrN3O2S/c1-7(11-13-4-5-18-11)14-9-3-2-8(12)6-10(9)15(16)17/h2-7,14H,1H3. The van der Waals surface area contributed by atoms with Crippen LogP contribution in [0.25, 0.3) is 0 Å². The molecule has 0 aliphatic rings. The van der Waals surface area contributed by atoms with Gasteiger partial charge in [-0.25, -0.2) is 4.98 Å². The van der Waals surface area contributed by atoms with Crippen LogP contribution in [0.1, 0.15) is 18.0 Å². The molecule has 0 saturated carbocycles. The molecule has 94 valence electrons. The second-order valence-corrected chi connectivity index (χ2v) is 5.50. The molecule has 2 rings (SSSR count). The van der Waals surface area contributed by atoms with Gasteiger partial charge in [0.05, 0.1) is 11.0 Å². The molecule has 2 aromatic rings. The number of hydrogen-bond acceptors (Lipinski definition) is 5. The molecule has 0 amide bonds. The average molecular weight is 328 g/mol. The number of thiazole rings is 1. The number of aromatic nitrogens is 1. The number of nitrogens with one attached hydrogen (secondary N) is 1. The van der Waals surface area contributed by atoms with Gasteiger partial charge in [-0.1, -0.05) is 15.9 Å². The third-order valence-corrected chi connectivity index (χ3v) is 3.80. The molecule has 1 unspecified atom stereocenters. The van der Waals surface area contributed by atoms with Crippen molar-refractivity contribution in [1.29, 1.82) is 0 Å². The van der Waals surface area contributed by atoms with Gasteiger partial charge in [0.1, 0.15) is 10.7 Å². The van der Waals surface area contributed by atoms with Gasteiger partial charge in [-0.2, -0.15) is 0 Å². The van der Waals surface area contributed by atoms with Crippen LogP contribution in [0.2, 0.25) is 0 Å². The van der Waals surface area contributed by atoms with Crippen molar-refractivity contribution in [3.05, 3.63) is 49.4 Å². The fourth-order valence-corrected chi connectivity index (χ4v) is 2.52. The predicted molar refractivity (Wildman–Crippen MR) is 74.9 cm³/mol. The first-order valence-corrected chi connectivity index (χ1v) is 6.85. The molecule has 0 aliphatic heterocycles. The molecule has 0 saturated heterocycles. The molecule has 0 aliphatic carbocycles. The Morgan fingerprint density at radius 2 is 2.33 bits per heavy atom. The van der Waals surface area contributed by atoms with Gasteiger partial charge in [0.25, 0.3) is 5.69 Å². The molecule has 0 bridgehead atoms. The van der Waals surface area contributed by atoms with Crippen molar-refractivity contribution in [1.82, 2.24) is 4.98 Å². The molecule has 1 aromatic heterocycles. The third kappa shape index (κ3) is 2.85. The van der Waals surface area contributed by atoms with E-state index in [-0.39, 0.29) is 11.7 Å². The van der Waals surface area contributed by atoms with Crippen LogP contribution in [0.5, 0.6) is 0 Å². The maximum Gasteiger partial charge on any atom is 0.293 e. The minimum atomic E-state index is -0.401. The summed E-state index contributed by atoms with van der Waals surface area (Å²) in [7, 11) is 0. The lowest BCUT2D eigenvalue weighted by Gasteiger charge is -2.12. The Balaban J connectivity index is 2.26. The first-order valence-electron chi connectivity index (χ1n) is 5.18. The van der Waals surface area contributed by atoms with Gasteiger partial charge in [0.15, 0.2) is 0 Å². The van der Waals surface area contributed by atoms with E-state index in [1.165, 1.54) is 17.4 Å². The van der Waals surface area contributed by atoms with Gasteiger partial charge in [0, 0.05) is 22.1 Å². The number of nitrogens with zero attached hydrogens (tertiary/aromatic N) is 2. The molecule has 1 heterocycles. The van der Waals surface area contributed by atoms with E-state index >= 15 is 0 Å². The quantitative estimate of drug-likeness (QED) is 0.681. The van der Waals surface area contributed by atoms with E-state index in [2.05, 4.69) is 26.2 Å². The SMILES string of the molecule is CC(Nc1ccc(Br)cc1[N+](=O)[O-])c1nccs1. The van der Waals surface area contributed by atoms with Gasteiger partial charge in [-0.15, -0.1) is 11.3 Å². The number of nitro groups is 1. The zero-order valence-corrected chi connectivity index (χ0v) is 11.9. The van der Waals surface area contributed by atoms with E-state index in [0.717, 1.165) is 5.01 Å². The van der Waals surface area contributed by atoms with Gasteiger partial charge in [-0.05, 0) is 19.1 Å². The van der Waals surface area contributed by atoms with Crippen LogP contribution in [0.3, 0.4) is 0 Å². The fourth-order valence-electron chi connectivity index (χ4n) is 1.52. The van der Waals surface area contributed by atoms with E-state index in [0.29, 0.717) is 10.2 Å². The minimum Gasteiger partial charge on any atom is -0.371 e. The van der Waals surface area contributed by atoms with Gasteiger partial charge in [0.2, 0.25) is 0 Å². The number of anilines is 1. The molecule has 0 radical (unpaired) electrons. The third-order valence-electron chi connectivity index (χ3n) is 2.35. The van der Waals surface area contributed by atoms with Gasteiger partial charge < -0.3 is 5.32 Å². The van der Waals surface area contributed by atoms with Gasteiger partial charge >= 0.3 is 0 Å². The van der Waals surface area contributed by atoms with Crippen LogP contribution in [0.15, 0.2) is 34.2 Å². The van der Waals surface area contributed by atoms with Crippen LogP contribution >= 0.6 is 27.3 Å². The van der Waals surface area contributed by atoms with Crippen molar-refractivity contribution in [3.63, 3.8) is 0 Å².